The average Bonchev–Trinajstić information content (AvgIpc) is 2.41. The third-order valence-corrected chi connectivity index (χ3v) is 3.68. The molecule has 6 heteroatoms. The third kappa shape index (κ3) is 5.40. The van der Waals surface area contributed by atoms with Gasteiger partial charge >= 0.3 is 5.51 Å². The Labute approximate surface area is 125 Å². The summed E-state index contributed by atoms with van der Waals surface area (Å²) in [6, 6.07) is 8.35. The maximum Gasteiger partial charge on any atom is 0.446 e. The fourth-order valence-corrected chi connectivity index (χ4v) is 2.39. The van der Waals surface area contributed by atoms with Crippen LogP contribution in [0.2, 0.25) is 0 Å². The average molecular weight is 312 g/mol. The number of alkyl halides is 3. The van der Waals surface area contributed by atoms with Crippen molar-refractivity contribution in [2.24, 2.45) is 0 Å². The predicted molar refractivity (Wildman–Crippen MR) is 77.9 cm³/mol. The lowest BCUT2D eigenvalue weighted by Crippen LogP contribution is -2.13. The largest absolute Gasteiger partial charge is 0.446 e. The minimum atomic E-state index is -4.24. The predicted octanol–water partition coefficient (Wildman–Crippen LogP) is 4.29. The van der Waals surface area contributed by atoms with Crippen molar-refractivity contribution in [2.45, 2.75) is 30.4 Å². The van der Waals surface area contributed by atoms with Crippen LogP contribution in [0, 0.1) is 6.92 Å². The van der Waals surface area contributed by atoms with Crippen LogP contribution in [0.25, 0.3) is 0 Å². The molecule has 0 aliphatic carbocycles. The molecule has 0 atom stereocenters. The molecule has 0 bridgehead atoms. The topological polar surface area (TPSA) is 24.9 Å². The van der Waals surface area contributed by atoms with Gasteiger partial charge in [-0.3, -0.25) is 4.98 Å². The Morgan fingerprint density at radius 1 is 1.10 bits per heavy atom. The van der Waals surface area contributed by atoms with E-state index in [0.717, 1.165) is 16.7 Å². The number of nitrogens with zero attached hydrogens (tertiary/aromatic N) is 1. The number of hydrogen-bond donors (Lipinski definition) is 1. The van der Waals surface area contributed by atoms with Gasteiger partial charge in [0.2, 0.25) is 0 Å². The zero-order chi connectivity index (χ0) is 15.3. The van der Waals surface area contributed by atoms with Crippen molar-refractivity contribution in [3.63, 3.8) is 0 Å². The second kappa shape index (κ2) is 6.95. The summed E-state index contributed by atoms with van der Waals surface area (Å²) in [6.45, 7) is 3.30. The standard InChI is InChI=1S/C15H15F3N2S/c1-11-8-19-7-6-13(11)10-20-9-12-2-4-14(5-3-12)21-15(16,17)18/h2-8,20H,9-10H2,1H3. The van der Waals surface area contributed by atoms with E-state index in [9.17, 15) is 13.2 Å². The minimum Gasteiger partial charge on any atom is -0.309 e. The first kappa shape index (κ1) is 15.9. The summed E-state index contributed by atoms with van der Waals surface area (Å²) in [4.78, 5) is 4.23. The van der Waals surface area contributed by atoms with E-state index in [4.69, 9.17) is 0 Å². The molecule has 0 saturated carbocycles. The summed E-state index contributed by atoms with van der Waals surface area (Å²) >= 11 is -0.0952. The second-order valence-electron chi connectivity index (χ2n) is 4.60. The molecule has 1 aromatic heterocycles. The lowest BCUT2D eigenvalue weighted by molar-refractivity contribution is -0.0328. The SMILES string of the molecule is Cc1cnccc1CNCc1ccc(SC(F)(F)F)cc1. The number of benzene rings is 1. The van der Waals surface area contributed by atoms with Crippen molar-refractivity contribution >= 4 is 11.8 Å². The van der Waals surface area contributed by atoms with Crippen LogP contribution < -0.4 is 5.32 Å². The molecule has 1 N–H and O–H groups in total. The number of thioether (sulfide) groups is 1. The van der Waals surface area contributed by atoms with E-state index in [1.54, 1.807) is 24.5 Å². The number of nitrogens with one attached hydrogen (secondary N) is 1. The molecule has 0 aliphatic rings. The molecule has 112 valence electrons. The Kier molecular flexibility index (Phi) is 5.25. The normalized spacial score (nSPS) is 11.6. The van der Waals surface area contributed by atoms with Crippen molar-refractivity contribution in [1.82, 2.24) is 10.3 Å². The number of halogens is 3. The van der Waals surface area contributed by atoms with E-state index in [0.29, 0.717) is 13.1 Å². The highest BCUT2D eigenvalue weighted by Gasteiger charge is 2.28. The molecule has 0 unspecified atom stereocenters. The van der Waals surface area contributed by atoms with Gasteiger partial charge < -0.3 is 5.32 Å². The minimum absolute atomic E-state index is 0.0952. The zero-order valence-electron chi connectivity index (χ0n) is 11.4. The van der Waals surface area contributed by atoms with Crippen LogP contribution in [-0.4, -0.2) is 10.5 Å². The molecule has 1 heterocycles. The number of pyridine rings is 1. The maximum atomic E-state index is 12.2. The fourth-order valence-electron chi connectivity index (χ4n) is 1.85. The Morgan fingerprint density at radius 3 is 2.43 bits per heavy atom. The van der Waals surface area contributed by atoms with Gasteiger partial charge in [0, 0.05) is 30.4 Å². The Morgan fingerprint density at radius 2 is 1.81 bits per heavy atom. The number of hydrogen-bond acceptors (Lipinski definition) is 3. The highest BCUT2D eigenvalue weighted by atomic mass is 32.2. The molecule has 0 aliphatic heterocycles. The van der Waals surface area contributed by atoms with Crippen molar-refractivity contribution in [3.05, 3.63) is 59.4 Å². The first-order chi connectivity index (χ1) is 9.94. The van der Waals surface area contributed by atoms with E-state index >= 15 is 0 Å². The van der Waals surface area contributed by atoms with Gasteiger partial charge in [0.25, 0.3) is 0 Å². The molecule has 21 heavy (non-hydrogen) atoms. The molecule has 0 spiro atoms. The lowest BCUT2D eigenvalue weighted by atomic mass is 10.1. The number of rotatable bonds is 5. The van der Waals surface area contributed by atoms with Crippen molar-refractivity contribution < 1.29 is 13.2 Å². The van der Waals surface area contributed by atoms with Crippen molar-refractivity contribution in [1.29, 1.82) is 0 Å². The van der Waals surface area contributed by atoms with Gasteiger partial charge in [0.15, 0.2) is 0 Å². The summed E-state index contributed by atoms with van der Waals surface area (Å²) in [5, 5.41) is 3.27. The number of aryl methyl sites for hydroxylation is 1. The van der Waals surface area contributed by atoms with Crippen LogP contribution in [0.5, 0.6) is 0 Å². The van der Waals surface area contributed by atoms with Gasteiger partial charge in [-0.05, 0) is 53.6 Å². The molecule has 2 nitrogen and oxygen atoms in total. The van der Waals surface area contributed by atoms with Crippen LogP contribution in [0.4, 0.5) is 13.2 Å². The van der Waals surface area contributed by atoms with Gasteiger partial charge in [-0.15, -0.1) is 0 Å². The summed E-state index contributed by atoms with van der Waals surface area (Å²) in [6.07, 6.45) is 3.55. The molecule has 0 amide bonds. The quantitative estimate of drug-likeness (QED) is 0.834. The molecular formula is C15H15F3N2S. The third-order valence-electron chi connectivity index (χ3n) is 2.94. The molecule has 0 radical (unpaired) electrons. The Bertz CT molecular complexity index is 582. The lowest BCUT2D eigenvalue weighted by Gasteiger charge is -2.09. The van der Waals surface area contributed by atoms with Gasteiger partial charge in [-0.25, -0.2) is 0 Å². The molecule has 0 saturated heterocycles. The van der Waals surface area contributed by atoms with Crippen LogP contribution in [0.1, 0.15) is 16.7 Å². The van der Waals surface area contributed by atoms with Crippen molar-refractivity contribution in [3.8, 4) is 0 Å². The van der Waals surface area contributed by atoms with Crippen LogP contribution in [0.15, 0.2) is 47.6 Å². The highest BCUT2D eigenvalue weighted by Crippen LogP contribution is 2.36. The van der Waals surface area contributed by atoms with E-state index in [1.165, 1.54) is 12.1 Å². The van der Waals surface area contributed by atoms with E-state index < -0.39 is 5.51 Å². The highest BCUT2D eigenvalue weighted by molar-refractivity contribution is 8.00. The first-order valence-corrected chi connectivity index (χ1v) is 7.20. The first-order valence-electron chi connectivity index (χ1n) is 6.39. The van der Waals surface area contributed by atoms with Gasteiger partial charge in [-0.2, -0.15) is 13.2 Å². The molecule has 2 aromatic rings. The van der Waals surface area contributed by atoms with Crippen LogP contribution in [0.3, 0.4) is 0 Å². The van der Waals surface area contributed by atoms with Crippen molar-refractivity contribution in [2.75, 3.05) is 0 Å². The summed E-state index contributed by atoms with van der Waals surface area (Å²) in [5.41, 5.74) is -1.01. The fraction of sp³-hybridized carbons (Fsp3) is 0.267. The van der Waals surface area contributed by atoms with Crippen LogP contribution >= 0.6 is 11.8 Å². The number of aromatic nitrogens is 1. The Hall–Kier alpha value is -1.53. The summed E-state index contributed by atoms with van der Waals surface area (Å²) in [5.74, 6) is 0. The van der Waals surface area contributed by atoms with Gasteiger partial charge in [0.05, 0.1) is 0 Å². The maximum absolute atomic E-state index is 12.2. The monoisotopic (exact) mass is 312 g/mol. The van der Waals surface area contributed by atoms with E-state index in [-0.39, 0.29) is 16.7 Å². The summed E-state index contributed by atoms with van der Waals surface area (Å²) in [7, 11) is 0. The smallest absolute Gasteiger partial charge is 0.309 e. The second-order valence-corrected chi connectivity index (χ2v) is 5.74. The molecular weight excluding hydrogens is 297 g/mol. The molecule has 0 fully saturated rings. The Balaban J connectivity index is 1.85. The van der Waals surface area contributed by atoms with Gasteiger partial charge in [-0.1, -0.05) is 12.1 Å². The molecule has 1 aromatic carbocycles. The molecule has 2 rings (SSSR count). The zero-order valence-corrected chi connectivity index (χ0v) is 12.3. The van der Waals surface area contributed by atoms with E-state index in [2.05, 4.69) is 10.3 Å². The van der Waals surface area contributed by atoms with Gasteiger partial charge in [0.1, 0.15) is 0 Å². The van der Waals surface area contributed by atoms with E-state index in [1.807, 2.05) is 13.0 Å². The van der Waals surface area contributed by atoms with Crippen LogP contribution in [-0.2, 0) is 13.1 Å². The summed E-state index contributed by atoms with van der Waals surface area (Å²) < 4.78 is 36.6.